The normalized spacial score (nSPS) is 11.6. The first-order chi connectivity index (χ1) is 15.6. The van der Waals surface area contributed by atoms with Crippen LogP contribution in [0.25, 0.3) is 0 Å². The van der Waals surface area contributed by atoms with E-state index in [-0.39, 0.29) is 27.8 Å². The largest absolute Gasteiger partial charge is 0.454 e. The molecule has 2 aromatic carbocycles. The van der Waals surface area contributed by atoms with Crippen LogP contribution in [-0.4, -0.2) is 25.2 Å². The number of anilines is 2. The Labute approximate surface area is 188 Å². The fraction of sp³-hybridized carbons (Fsp3) is 0.182. The molecule has 0 fully saturated rings. The van der Waals surface area contributed by atoms with Crippen LogP contribution in [0.1, 0.15) is 18.9 Å². The molecule has 174 valence electrons. The Morgan fingerprint density at radius 3 is 2.52 bits per heavy atom. The lowest BCUT2D eigenvalue weighted by Gasteiger charge is -2.15. The van der Waals surface area contributed by atoms with Gasteiger partial charge in [-0.2, -0.15) is 13.2 Å². The predicted molar refractivity (Wildman–Crippen MR) is 117 cm³/mol. The van der Waals surface area contributed by atoms with Crippen molar-refractivity contribution in [2.45, 2.75) is 24.4 Å². The van der Waals surface area contributed by atoms with Crippen molar-refractivity contribution < 1.29 is 31.1 Å². The summed E-state index contributed by atoms with van der Waals surface area (Å²) in [5.41, 5.74) is -0.999. The van der Waals surface area contributed by atoms with E-state index < -0.39 is 27.6 Å². The molecule has 0 aliphatic heterocycles. The van der Waals surface area contributed by atoms with Crippen molar-refractivity contribution in [3.8, 4) is 11.5 Å². The summed E-state index contributed by atoms with van der Waals surface area (Å²) in [6.45, 7) is 1.72. The van der Waals surface area contributed by atoms with Gasteiger partial charge in [-0.05, 0) is 55.0 Å². The summed E-state index contributed by atoms with van der Waals surface area (Å²) in [5.74, 6) is 0.367. The monoisotopic (exact) mass is 479 g/mol. The van der Waals surface area contributed by atoms with Crippen LogP contribution in [0.2, 0.25) is 0 Å². The number of urea groups is 1. The molecule has 1 heterocycles. The highest BCUT2D eigenvalue weighted by Crippen LogP contribution is 2.33. The topological polar surface area (TPSA) is 97.4 Å². The summed E-state index contributed by atoms with van der Waals surface area (Å²) in [6, 6.07) is 10.5. The van der Waals surface area contributed by atoms with Crippen LogP contribution in [0, 0.1) is 0 Å². The molecule has 2 N–H and O–H groups in total. The van der Waals surface area contributed by atoms with E-state index in [1.165, 1.54) is 36.7 Å². The van der Waals surface area contributed by atoms with Crippen LogP contribution < -0.4 is 15.4 Å². The van der Waals surface area contributed by atoms with Gasteiger partial charge in [-0.25, -0.2) is 13.2 Å². The van der Waals surface area contributed by atoms with Crippen LogP contribution in [0.3, 0.4) is 0 Å². The lowest BCUT2D eigenvalue weighted by molar-refractivity contribution is -0.137. The molecular formula is C22H20F3N3O4S. The minimum Gasteiger partial charge on any atom is -0.454 e. The molecule has 1 aromatic heterocycles. The molecule has 0 aliphatic carbocycles. The summed E-state index contributed by atoms with van der Waals surface area (Å²) >= 11 is 0. The summed E-state index contributed by atoms with van der Waals surface area (Å²) < 4.78 is 69.4. The van der Waals surface area contributed by atoms with Crippen molar-refractivity contribution in [2.75, 3.05) is 16.4 Å². The van der Waals surface area contributed by atoms with Crippen LogP contribution in [-0.2, 0) is 16.0 Å². The summed E-state index contributed by atoms with van der Waals surface area (Å²) in [6.07, 6.45) is -1.21. The smallest absolute Gasteiger partial charge is 0.416 e. The number of nitrogens with zero attached hydrogens (tertiary/aromatic N) is 1. The van der Waals surface area contributed by atoms with E-state index in [9.17, 15) is 26.4 Å². The number of amides is 2. The lowest BCUT2D eigenvalue weighted by atomic mass is 10.2. The number of pyridine rings is 1. The molecule has 0 saturated carbocycles. The number of rotatable bonds is 7. The summed E-state index contributed by atoms with van der Waals surface area (Å²) in [4.78, 5) is 16.4. The lowest BCUT2D eigenvalue weighted by Crippen LogP contribution is -2.20. The number of carbonyl (C=O) groups excluding carboxylic acids is 1. The first-order valence-corrected chi connectivity index (χ1v) is 11.4. The van der Waals surface area contributed by atoms with E-state index in [1.807, 2.05) is 0 Å². The zero-order valence-electron chi connectivity index (χ0n) is 17.4. The van der Waals surface area contributed by atoms with Gasteiger partial charge in [-0.3, -0.25) is 4.98 Å². The fourth-order valence-corrected chi connectivity index (χ4v) is 4.21. The number of carbonyl (C=O) groups is 1. The van der Waals surface area contributed by atoms with Gasteiger partial charge in [0.05, 0.1) is 28.1 Å². The van der Waals surface area contributed by atoms with Gasteiger partial charge in [0.1, 0.15) is 5.75 Å². The number of sulfone groups is 1. The molecule has 11 heteroatoms. The van der Waals surface area contributed by atoms with Gasteiger partial charge in [-0.1, -0.05) is 13.0 Å². The van der Waals surface area contributed by atoms with E-state index in [0.29, 0.717) is 12.2 Å². The van der Waals surface area contributed by atoms with Gasteiger partial charge in [-0.15, -0.1) is 0 Å². The molecular weight excluding hydrogens is 459 g/mol. The second-order valence-corrected chi connectivity index (χ2v) is 9.03. The van der Waals surface area contributed by atoms with E-state index in [2.05, 4.69) is 15.6 Å². The van der Waals surface area contributed by atoms with E-state index in [1.54, 1.807) is 19.1 Å². The maximum atomic E-state index is 12.9. The Morgan fingerprint density at radius 2 is 1.85 bits per heavy atom. The third-order valence-electron chi connectivity index (χ3n) is 4.34. The second-order valence-electron chi connectivity index (χ2n) is 6.93. The molecule has 0 spiro atoms. The second kappa shape index (κ2) is 9.90. The van der Waals surface area contributed by atoms with Crippen molar-refractivity contribution in [2.24, 2.45) is 0 Å². The highest BCUT2D eigenvalue weighted by molar-refractivity contribution is 7.91. The first kappa shape index (κ1) is 24.1. The zero-order valence-corrected chi connectivity index (χ0v) is 18.2. The average Bonchev–Trinajstić information content (AvgIpc) is 2.75. The number of halogens is 3. The van der Waals surface area contributed by atoms with Crippen molar-refractivity contribution in [3.05, 3.63) is 72.6 Å². The Bertz CT molecular complexity index is 1230. The number of ether oxygens (including phenoxy) is 1. The van der Waals surface area contributed by atoms with Crippen LogP contribution in [0.4, 0.5) is 29.3 Å². The first-order valence-electron chi connectivity index (χ1n) is 9.78. The molecule has 7 nitrogen and oxygen atoms in total. The highest BCUT2D eigenvalue weighted by atomic mass is 32.2. The van der Waals surface area contributed by atoms with Crippen LogP contribution in [0.5, 0.6) is 11.5 Å². The van der Waals surface area contributed by atoms with E-state index >= 15 is 0 Å². The quantitative estimate of drug-likeness (QED) is 0.452. The average molecular weight is 479 g/mol. The molecule has 3 rings (SSSR count). The van der Waals surface area contributed by atoms with Gasteiger partial charge in [0.25, 0.3) is 0 Å². The maximum absolute atomic E-state index is 12.9. The SMILES string of the molecule is CCCS(=O)(=O)c1ccc(Oc2cccnc2)c(NC(=O)Nc2cccc(C(F)(F)F)c2)c1. The Hall–Kier alpha value is -3.60. The van der Waals surface area contributed by atoms with E-state index in [4.69, 9.17) is 4.74 Å². The number of aromatic nitrogens is 1. The molecule has 0 atom stereocenters. The van der Waals surface area contributed by atoms with Gasteiger partial charge in [0, 0.05) is 11.9 Å². The number of hydrogen-bond donors (Lipinski definition) is 2. The fourth-order valence-electron chi connectivity index (χ4n) is 2.87. The van der Waals surface area contributed by atoms with Crippen molar-refractivity contribution in [1.82, 2.24) is 4.98 Å². The van der Waals surface area contributed by atoms with Crippen molar-refractivity contribution in [1.29, 1.82) is 0 Å². The number of benzene rings is 2. The molecule has 0 aliphatic rings. The molecule has 2 amide bonds. The summed E-state index contributed by atoms with van der Waals surface area (Å²) in [7, 11) is -3.60. The van der Waals surface area contributed by atoms with Gasteiger partial charge >= 0.3 is 12.2 Å². The Balaban J connectivity index is 1.89. The van der Waals surface area contributed by atoms with Crippen LogP contribution in [0.15, 0.2) is 71.9 Å². The molecule has 0 bridgehead atoms. The van der Waals surface area contributed by atoms with Crippen molar-refractivity contribution in [3.63, 3.8) is 0 Å². The number of nitrogens with one attached hydrogen (secondary N) is 2. The number of hydrogen-bond acceptors (Lipinski definition) is 5. The third kappa shape index (κ3) is 6.45. The predicted octanol–water partition coefficient (Wildman–Crippen LogP) is 5.72. The van der Waals surface area contributed by atoms with Crippen LogP contribution >= 0.6 is 0 Å². The highest BCUT2D eigenvalue weighted by Gasteiger charge is 2.30. The van der Waals surface area contributed by atoms with Gasteiger partial charge in [0.2, 0.25) is 0 Å². The third-order valence-corrected chi connectivity index (χ3v) is 6.26. The Morgan fingerprint density at radius 1 is 1.06 bits per heavy atom. The number of alkyl halides is 3. The molecule has 0 unspecified atom stereocenters. The zero-order chi connectivity index (χ0) is 24.1. The summed E-state index contributed by atoms with van der Waals surface area (Å²) in [5, 5.41) is 4.76. The maximum Gasteiger partial charge on any atom is 0.416 e. The van der Waals surface area contributed by atoms with E-state index in [0.717, 1.165) is 18.2 Å². The minimum absolute atomic E-state index is 0.0144. The molecule has 0 radical (unpaired) electrons. The standard InChI is InChI=1S/C22H20F3N3O4S/c1-2-11-33(30,31)18-8-9-20(32-17-7-4-10-26-14-17)19(13-18)28-21(29)27-16-6-3-5-15(12-16)22(23,24)25/h3-10,12-14H,2,11H2,1H3,(H2,27,28,29). The van der Waals surface area contributed by atoms with Crippen molar-refractivity contribution >= 4 is 27.2 Å². The Kier molecular flexibility index (Phi) is 7.22. The van der Waals surface area contributed by atoms with Gasteiger partial charge < -0.3 is 15.4 Å². The minimum atomic E-state index is -4.57. The molecule has 33 heavy (non-hydrogen) atoms. The molecule has 0 saturated heterocycles. The van der Waals surface area contributed by atoms with Gasteiger partial charge in [0.15, 0.2) is 15.6 Å². The molecule has 3 aromatic rings.